The molecule has 0 unspecified atom stereocenters. The molecule has 1 amide bonds. The zero-order valence-corrected chi connectivity index (χ0v) is 19.9. The minimum absolute atomic E-state index is 0.104. The number of carbonyl (C=O) groups excluding carboxylic acids is 1. The van der Waals surface area contributed by atoms with Crippen molar-refractivity contribution in [1.29, 1.82) is 0 Å². The summed E-state index contributed by atoms with van der Waals surface area (Å²) in [4.78, 5) is 17.3. The first-order valence-corrected chi connectivity index (χ1v) is 11.9. The Labute approximate surface area is 201 Å². The fourth-order valence-electron chi connectivity index (χ4n) is 3.59. The lowest BCUT2D eigenvalue weighted by atomic mass is 10.0. The number of aryl methyl sites for hydroxylation is 1. The van der Waals surface area contributed by atoms with E-state index in [2.05, 4.69) is 29.2 Å². The molecule has 1 N–H and O–H groups in total. The molecule has 8 heteroatoms. The van der Waals surface area contributed by atoms with Gasteiger partial charge in [-0.25, -0.2) is 4.98 Å². The third-order valence-corrected chi connectivity index (χ3v) is 6.18. The van der Waals surface area contributed by atoms with Crippen LogP contribution in [0.25, 0.3) is 27.6 Å². The number of hydrogen-bond acceptors (Lipinski definition) is 6. The summed E-state index contributed by atoms with van der Waals surface area (Å²) < 4.78 is 13.2. The van der Waals surface area contributed by atoms with Crippen molar-refractivity contribution in [3.8, 4) is 22.3 Å². The maximum absolute atomic E-state index is 12.6. The number of aromatic nitrogens is 3. The minimum Gasteiger partial charge on any atom is -0.484 e. The topological polar surface area (TPSA) is 82.2 Å². The van der Waals surface area contributed by atoms with E-state index in [0.29, 0.717) is 28.4 Å². The number of furan rings is 1. The van der Waals surface area contributed by atoms with Gasteiger partial charge >= 0.3 is 0 Å². The molecule has 0 aliphatic carbocycles. The van der Waals surface area contributed by atoms with E-state index < -0.39 is 0 Å². The van der Waals surface area contributed by atoms with E-state index >= 15 is 0 Å². The van der Waals surface area contributed by atoms with Gasteiger partial charge in [0, 0.05) is 16.8 Å². The van der Waals surface area contributed by atoms with E-state index in [9.17, 15) is 4.79 Å². The van der Waals surface area contributed by atoms with Crippen molar-refractivity contribution >= 4 is 34.0 Å². The molecule has 3 heterocycles. The number of para-hydroxylation sites is 1. The Hall–Kier alpha value is -3.91. The van der Waals surface area contributed by atoms with Crippen LogP contribution < -0.4 is 10.1 Å². The number of rotatable bonds is 7. The highest BCUT2D eigenvalue weighted by Gasteiger charge is 2.16. The number of hydrogen-bond donors (Lipinski definition) is 1. The molecule has 5 rings (SSSR count). The maximum atomic E-state index is 12.6. The van der Waals surface area contributed by atoms with E-state index in [1.807, 2.05) is 66.9 Å². The van der Waals surface area contributed by atoms with Crippen LogP contribution >= 0.6 is 11.3 Å². The van der Waals surface area contributed by atoms with Crippen molar-refractivity contribution in [2.24, 2.45) is 0 Å². The zero-order chi connectivity index (χ0) is 23.7. The fourth-order valence-corrected chi connectivity index (χ4v) is 4.37. The largest absolute Gasteiger partial charge is 0.484 e. The Morgan fingerprint density at radius 3 is 2.71 bits per heavy atom. The molecule has 0 saturated carbocycles. The number of fused-ring (bicyclic) bond motifs is 1. The minimum atomic E-state index is -0.275. The average Bonchev–Trinajstić information content (AvgIpc) is 3.55. The molecule has 7 nitrogen and oxygen atoms in total. The van der Waals surface area contributed by atoms with E-state index in [-0.39, 0.29) is 12.5 Å². The van der Waals surface area contributed by atoms with Crippen molar-refractivity contribution < 1.29 is 13.9 Å². The molecule has 0 spiro atoms. The van der Waals surface area contributed by atoms with Crippen LogP contribution in [0.5, 0.6) is 5.75 Å². The maximum Gasteiger partial charge on any atom is 0.263 e. The van der Waals surface area contributed by atoms with Gasteiger partial charge in [-0.3, -0.25) is 4.79 Å². The average molecular weight is 473 g/mol. The Morgan fingerprint density at radius 1 is 1.15 bits per heavy atom. The molecule has 34 heavy (non-hydrogen) atoms. The van der Waals surface area contributed by atoms with Gasteiger partial charge in [-0.05, 0) is 42.7 Å². The van der Waals surface area contributed by atoms with Crippen molar-refractivity contribution in [3.05, 3.63) is 77.3 Å². The fraction of sp³-hybridized carbons (Fsp3) is 0.192. The van der Waals surface area contributed by atoms with Gasteiger partial charge < -0.3 is 14.5 Å². The number of nitrogens with one attached hydrogen (secondary N) is 1. The third-order valence-electron chi connectivity index (χ3n) is 5.37. The van der Waals surface area contributed by atoms with Gasteiger partial charge in [-0.15, -0.1) is 11.3 Å². The highest BCUT2D eigenvalue weighted by Crippen LogP contribution is 2.30. The summed E-state index contributed by atoms with van der Waals surface area (Å²) in [5.41, 5.74) is 3.52. The summed E-state index contributed by atoms with van der Waals surface area (Å²) in [6, 6.07) is 19.4. The van der Waals surface area contributed by atoms with Gasteiger partial charge in [0.05, 0.1) is 5.69 Å². The summed E-state index contributed by atoms with van der Waals surface area (Å²) in [5.74, 6) is 2.05. The third kappa shape index (κ3) is 4.58. The number of anilines is 1. The SMILES string of the molecule is Cc1cc(NC(=O)COc2ccc(C(C)C)cc2)n(-c2nc(-c3cc4ccccc4o3)cs2)n1. The standard InChI is InChI=1S/C26H24N4O3S/c1-16(2)18-8-10-20(11-9-18)32-14-25(31)28-24-12-17(3)29-30(24)26-27-21(15-34-26)23-13-19-6-4-5-7-22(19)33-23/h4-13,15-16H,14H2,1-3H3,(H,28,31). The number of ether oxygens (including phenoxy) is 1. The quantitative estimate of drug-likeness (QED) is 0.305. The van der Waals surface area contributed by atoms with Crippen molar-refractivity contribution in [3.63, 3.8) is 0 Å². The molecule has 0 atom stereocenters. The normalized spacial score (nSPS) is 11.3. The highest BCUT2D eigenvalue weighted by atomic mass is 32.1. The summed E-state index contributed by atoms with van der Waals surface area (Å²) in [6.07, 6.45) is 0. The molecule has 0 aliphatic heterocycles. The van der Waals surface area contributed by atoms with Crippen molar-refractivity contribution in [2.45, 2.75) is 26.7 Å². The molecule has 0 fully saturated rings. The molecule has 0 radical (unpaired) electrons. The highest BCUT2D eigenvalue weighted by molar-refractivity contribution is 7.12. The second-order valence-corrected chi connectivity index (χ2v) is 9.14. The summed E-state index contributed by atoms with van der Waals surface area (Å²) in [5, 5.41) is 11.0. The van der Waals surface area contributed by atoms with Gasteiger partial charge in [-0.2, -0.15) is 9.78 Å². The number of amides is 1. The lowest BCUT2D eigenvalue weighted by molar-refractivity contribution is -0.118. The first kappa shape index (κ1) is 21.9. The molecular formula is C26H24N4O3S. The predicted octanol–water partition coefficient (Wildman–Crippen LogP) is 6.19. The first-order chi connectivity index (χ1) is 16.5. The van der Waals surface area contributed by atoms with Crippen LogP contribution in [0.4, 0.5) is 5.82 Å². The smallest absolute Gasteiger partial charge is 0.263 e. The van der Waals surface area contributed by atoms with Crippen LogP contribution in [0, 0.1) is 6.92 Å². The van der Waals surface area contributed by atoms with Gasteiger partial charge in [0.2, 0.25) is 5.13 Å². The van der Waals surface area contributed by atoms with E-state index in [1.54, 1.807) is 10.7 Å². The van der Waals surface area contributed by atoms with E-state index in [0.717, 1.165) is 22.4 Å². The van der Waals surface area contributed by atoms with Crippen LogP contribution in [-0.4, -0.2) is 27.3 Å². The number of benzene rings is 2. The number of nitrogens with zero attached hydrogens (tertiary/aromatic N) is 3. The lowest BCUT2D eigenvalue weighted by Crippen LogP contribution is -2.21. The Kier molecular flexibility index (Phi) is 5.90. The monoisotopic (exact) mass is 472 g/mol. The molecule has 5 aromatic rings. The Morgan fingerprint density at radius 2 is 1.94 bits per heavy atom. The molecule has 172 valence electrons. The molecule has 0 aliphatic rings. The second kappa shape index (κ2) is 9.15. The van der Waals surface area contributed by atoms with E-state index in [4.69, 9.17) is 9.15 Å². The molecule has 0 bridgehead atoms. The van der Waals surface area contributed by atoms with Crippen molar-refractivity contribution in [1.82, 2.24) is 14.8 Å². The first-order valence-electron chi connectivity index (χ1n) is 11.0. The Bertz CT molecular complexity index is 1410. The Balaban J connectivity index is 1.29. The zero-order valence-electron chi connectivity index (χ0n) is 19.1. The summed E-state index contributed by atoms with van der Waals surface area (Å²) >= 11 is 1.42. The van der Waals surface area contributed by atoms with Crippen LogP contribution in [0.15, 0.2) is 70.5 Å². The number of carbonyl (C=O) groups is 1. The van der Waals surface area contributed by atoms with Crippen LogP contribution in [0.3, 0.4) is 0 Å². The predicted molar refractivity (Wildman–Crippen MR) is 134 cm³/mol. The van der Waals surface area contributed by atoms with Crippen molar-refractivity contribution in [2.75, 3.05) is 11.9 Å². The van der Waals surface area contributed by atoms with Gasteiger partial charge in [-0.1, -0.05) is 44.2 Å². The second-order valence-electron chi connectivity index (χ2n) is 8.31. The van der Waals surface area contributed by atoms with Crippen LogP contribution in [-0.2, 0) is 4.79 Å². The van der Waals surface area contributed by atoms with Crippen LogP contribution in [0.1, 0.15) is 31.0 Å². The van der Waals surface area contributed by atoms with Gasteiger partial charge in [0.25, 0.3) is 5.91 Å². The molecule has 2 aromatic carbocycles. The van der Waals surface area contributed by atoms with Gasteiger partial charge in [0.1, 0.15) is 22.8 Å². The summed E-state index contributed by atoms with van der Waals surface area (Å²) in [7, 11) is 0. The van der Waals surface area contributed by atoms with Crippen LogP contribution in [0.2, 0.25) is 0 Å². The van der Waals surface area contributed by atoms with E-state index in [1.165, 1.54) is 16.9 Å². The molecular weight excluding hydrogens is 448 g/mol. The molecule has 0 saturated heterocycles. The lowest BCUT2D eigenvalue weighted by Gasteiger charge is -2.10. The number of thiazole rings is 1. The van der Waals surface area contributed by atoms with Gasteiger partial charge in [0.15, 0.2) is 12.4 Å². The summed E-state index contributed by atoms with van der Waals surface area (Å²) in [6.45, 7) is 6.03. The molecule has 3 aromatic heterocycles.